The number of aromatic nitrogens is 3. The van der Waals surface area contributed by atoms with E-state index in [4.69, 9.17) is 15.9 Å². The van der Waals surface area contributed by atoms with E-state index in [1.807, 2.05) is 6.92 Å². The molecular formula is C22H24F3N5O3. The van der Waals surface area contributed by atoms with Gasteiger partial charge in [-0.05, 0) is 49.1 Å². The predicted molar refractivity (Wildman–Crippen MR) is 116 cm³/mol. The van der Waals surface area contributed by atoms with E-state index in [1.165, 1.54) is 12.1 Å². The molecule has 6 N–H and O–H groups in total. The molecule has 1 aliphatic carbocycles. The topological polar surface area (TPSA) is 137 Å². The standard InChI is InChI=1S/C13H14N4O2.C9H10F3NO/c1-7-5-15-13(16-9-2-3-9)17-11(7)8-4-10(12(18)19)14-6-8;10-9(11,12)7-3-1-2-6(4-7)8(13)5-14/h4-6,9,14H,2-3H2,1H3,(H,18,19)(H,15,16,17);1-4,8,14H,5,13H2. The number of H-pyrrole nitrogens is 1. The molecule has 1 saturated carbocycles. The van der Waals surface area contributed by atoms with Crippen LogP contribution in [0.1, 0.15) is 46.1 Å². The molecule has 2 aromatic heterocycles. The maximum Gasteiger partial charge on any atom is 0.416 e. The van der Waals surface area contributed by atoms with Crippen LogP contribution in [0.15, 0.2) is 42.7 Å². The summed E-state index contributed by atoms with van der Waals surface area (Å²) in [7, 11) is 0. The first-order chi connectivity index (χ1) is 15.6. The van der Waals surface area contributed by atoms with Crippen LogP contribution in [0.3, 0.4) is 0 Å². The highest BCUT2D eigenvalue weighted by Gasteiger charge is 2.30. The average molecular weight is 463 g/mol. The number of carboxylic acid groups (broad SMARTS) is 1. The molecule has 0 aliphatic heterocycles. The van der Waals surface area contributed by atoms with Gasteiger partial charge in [-0.1, -0.05) is 12.1 Å². The Morgan fingerprint density at radius 2 is 2.06 bits per heavy atom. The van der Waals surface area contributed by atoms with Crippen LogP contribution < -0.4 is 11.1 Å². The molecule has 4 rings (SSSR count). The average Bonchev–Trinajstić information content (AvgIpc) is 3.45. The Bertz CT molecular complexity index is 1110. The number of hydrogen-bond donors (Lipinski definition) is 5. The number of nitrogens with one attached hydrogen (secondary N) is 2. The van der Waals surface area contributed by atoms with Crippen LogP contribution in [0.2, 0.25) is 0 Å². The summed E-state index contributed by atoms with van der Waals surface area (Å²) in [6.07, 6.45) is 1.34. The van der Waals surface area contributed by atoms with Crippen LogP contribution in [-0.4, -0.2) is 43.8 Å². The third-order valence-corrected chi connectivity index (χ3v) is 4.91. The van der Waals surface area contributed by atoms with Gasteiger partial charge in [-0.3, -0.25) is 0 Å². The van der Waals surface area contributed by atoms with Gasteiger partial charge in [0.2, 0.25) is 5.95 Å². The van der Waals surface area contributed by atoms with Crippen molar-refractivity contribution in [3.8, 4) is 11.3 Å². The molecular weight excluding hydrogens is 439 g/mol. The molecule has 0 bridgehead atoms. The Morgan fingerprint density at radius 3 is 2.64 bits per heavy atom. The number of halogens is 3. The molecule has 3 aromatic rings. The third-order valence-electron chi connectivity index (χ3n) is 4.91. The molecule has 0 radical (unpaired) electrons. The molecule has 1 aromatic carbocycles. The number of anilines is 1. The van der Waals surface area contributed by atoms with E-state index in [0.29, 0.717) is 12.0 Å². The largest absolute Gasteiger partial charge is 0.477 e. The number of nitrogens with zero attached hydrogens (tertiary/aromatic N) is 2. The second-order valence-corrected chi connectivity index (χ2v) is 7.66. The lowest BCUT2D eigenvalue weighted by atomic mass is 10.1. The Labute approximate surface area is 187 Å². The van der Waals surface area contributed by atoms with Crippen molar-refractivity contribution in [3.63, 3.8) is 0 Å². The van der Waals surface area contributed by atoms with Gasteiger partial charge in [0.1, 0.15) is 5.69 Å². The number of nitrogens with two attached hydrogens (primary N) is 1. The van der Waals surface area contributed by atoms with E-state index in [1.54, 1.807) is 18.5 Å². The van der Waals surface area contributed by atoms with E-state index in [0.717, 1.165) is 41.8 Å². The van der Waals surface area contributed by atoms with Crippen molar-refractivity contribution >= 4 is 11.9 Å². The van der Waals surface area contributed by atoms with Gasteiger partial charge in [-0.25, -0.2) is 14.8 Å². The third kappa shape index (κ3) is 6.53. The summed E-state index contributed by atoms with van der Waals surface area (Å²) in [6.45, 7) is 1.53. The molecule has 2 heterocycles. The molecule has 8 nitrogen and oxygen atoms in total. The van der Waals surface area contributed by atoms with Crippen molar-refractivity contribution in [1.29, 1.82) is 0 Å². The number of aryl methyl sites for hydroxylation is 1. The number of alkyl halides is 3. The first-order valence-corrected chi connectivity index (χ1v) is 10.1. The van der Waals surface area contributed by atoms with Gasteiger partial charge in [-0.2, -0.15) is 13.2 Å². The summed E-state index contributed by atoms with van der Waals surface area (Å²) in [5.74, 6) is -0.379. The second-order valence-electron chi connectivity index (χ2n) is 7.66. The molecule has 1 fully saturated rings. The fourth-order valence-corrected chi connectivity index (χ4v) is 2.92. The van der Waals surface area contributed by atoms with Crippen LogP contribution in [0, 0.1) is 6.92 Å². The van der Waals surface area contributed by atoms with Gasteiger partial charge in [0, 0.05) is 24.0 Å². The van der Waals surface area contributed by atoms with Crippen molar-refractivity contribution in [2.24, 2.45) is 5.73 Å². The molecule has 1 atom stereocenters. The first-order valence-electron chi connectivity index (χ1n) is 10.1. The maximum atomic E-state index is 12.2. The molecule has 33 heavy (non-hydrogen) atoms. The highest BCUT2D eigenvalue weighted by molar-refractivity contribution is 5.87. The predicted octanol–water partition coefficient (Wildman–Crippen LogP) is 3.75. The van der Waals surface area contributed by atoms with Gasteiger partial charge in [-0.15, -0.1) is 0 Å². The first kappa shape index (κ1) is 24.2. The van der Waals surface area contributed by atoms with E-state index in [2.05, 4.69) is 20.3 Å². The minimum absolute atomic E-state index is 0.157. The zero-order chi connectivity index (χ0) is 24.2. The number of carbonyl (C=O) groups is 1. The summed E-state index contributed by atoms with van der Waals surface area (Å²) >= 11 is 0. The highest BCUT2D eigenvalue weighted by atomic mass is 19.4. The fraction of sp³-hybridized carbons (Fsp3) is 0.318. The summed E-state index contributed by atoms with van der Waals surface area (Å²) in [4.78, 5) is 22.3. The number of aliphatic hydroxyl groups excluding tert-OH is 1. The van der Waals surface area contributed by atoms with Crippen LogP contribution in [0.5, 0.6) is 0 Å². The van der Waals surface area contributed by atoms with E-state index in [-0.39, 0.29) is 17.9 Å². The number of aliphatic hydroxyl groups is 1. The summed E-state index contributed by atoms with van der Waals surface area (Å²) < 4.78 is 36.7. The lowest BCUT2D eigenvalue weighted by Gasteiger charge is -2.11. The van der Waals surface area contributed by atoms with Gasteiger partial charge in [0.25, 0.3) is 0 Å². The molecule has 1 unspecified atom stereocenters. The normalized spacial score (nSPS) is 14.2. The zero-order valence-corrected chi connectivity index (χ0v) is 17.7. The Kier molecular flexibility index (Phi) is 7.34. The smallest absolute Gasteiger partial charge is 0.416 e. The number of aromatic amines is 1. The molecule has 1 aliphatic rings. The van der Waals surface area contributed by atoms with E-state index in [9.17, 15) is 18.0 Å². The van der Waals surface area contributed by atoms with Crippen molar-refractivity contribution in [2.45, 2.75) is 38.0 Å². The Balaban J connectivity index is 0.000000196. The number of aromatic carboxylic acids is 1. The van der Waals surface area contributed by atoms with Gasteiger partial charge < -0.3 is 26.2 Å². The van der Waals surface area contributed by atoms with Crippen molar-refractivity contribution < 1.29 is 28.2 Å². The van der Waals surface area contributed by atoms with Crippen LogP contribution in [0.25, 0.3) is 11.3 Å². The highest BCUT2D eigenvalue weighted by Crippen LogP contribution is 2.30. The Hall–Kier alpha value is -3.44. The number of rotatable bonds is 6. The van der Waals surface area contributed by atoms with Gasteiger partial charge in [0.05, 0.1) is 23.9 Å². The monoisotopic (exact) mass is 463 g/mol. The number of carboxylic acids is 1. The zero-order valence-electron chi connectivity index (χ0n) is 17.7. The lowest BCUT2D eigenvalue weighted by Crippen LogP contribution is -2.15. The number of hydrogen-bond acceptors (Lipinski definition) is 6. The molecule has 11 heteroatoms. The maximum absolute atomic E-state index is 12.2. The molecule has 176 valence electrons. The molecule has 0 saturated heterocycles. The van der Waals surface area contributed by atoms with Crippen LogP contribution in [-0.2, 0) is 6.18 Å². The summed E-state index contributed by atoms with van der Waals surface area (Å²) in [6, 6.07) is 5.94. The van der Waals surface area contributed by atoms with Crippen LogP contribution >= 0.6 is 0 Å². The van der Waals surface area contributed by atoms with Crippen molar-refractivity contribution in [3.05, 3.63) is 65.1 Å². The van der Waals surface area contributed by atoms with E-state index < -0.39 is 23.8 Å². The molecule has 0 spiro atoms. The quantitative estimate of drug-likeness (QED) is 0.375. The minimum atomic E-state index is -4.37. The minimum Gasteiger partial charge on any atom is -0.477 e. The lowest BCUT2D eigenvalue weighted by molar-refractivity contribution is -0.137. The van der Waals surface area contributed by atoms with Crippen molar-refractivity contribution in [2.75, 3.05) is 11.9 Å². The van der Waals surface area contributed by atoms with E-state index >= 15 is 0 Å². The van der Waals surface area contributed by atoms with Crippen LogP contribution in [0.4, 0.5) is 19.1 Å². The number of benzene rings is 1. The second kappa shape index (κ2) is 10.0. The molecule has 0 amide bonds. The Morgan fingerprint density at radius 1 is 1.33 bits per heavy atom. The SMILES string of the molecule is Cc1cnc(NC2CC2)nc1-c1c[nH]c(C(=O)O)c1.NC(CO)c1cccc(C(F)(F)F)c1. The van der Waals surface area contributed by atoms with Crippen molar-refractivity contribution in [1.82, 2.24) is 15.0 Å². The summed E-state index contributed by atoms with van der Waals surface area (Å²) in [5.41, 5.74) is 7.50. The fourth-order valence-electron chi connectivity index (χ4n) is 2.92. The summed E-state index contributed by atoms with van der Waals surface area (Å²) in [5, 5.41) is 20.8. The van der Waals surface area contributed by atoms with Gasteiger partial charge in [0.15, 0.2) is 0 Å². The van der Waals surface area contributed by atoms with Gasteiger partial charge >= 0.3 is 12.1 Å².